The van der Waals surface area contributed by atoms with Gasteiger partial charge in [-0.1, -0.05) is 25.1 Å². The molecule has 0 bridgehead atoms. The molecular formula is C12H16N4S. The van der Waals surface area contributed by atoms with Crippen LogP contribution in [-0.2, 0) is 7.05 Å². The van der Waals surface area contributed by atoms with E-state index in [2.05, 4.69) is 29.3 Å². The number of aryl methyl sites for hydroxylation is 1. The third kappa shape index (κ3) is 2.68. The molecule has 0 radical (unpaired) electrons. The lowest BCUT2D eigenvalue weighted by molar-refractivity contribution is 0.685. The maximum Gasteiger partial charge on any atom is 0.195 e. The molecule has 0 amide bonds. The van der Waals surface area contributed by atoms with Crippen LogP contribution in [0.3, 0.4) is 0 Å². The van der Waals surface area contributed by atoms with Crippen molar-refractivity contribution in [2.24, 2.45) is 12.8 Å². The highest BCUT2D eigenvalue weighted by Gasteiger charge is 2.11. The number of benzene rings is 1. The molecule has 17 heavy (non-hydrogen) atoms. The lowest BCUT2D eigenvalue weighted by atomic mass is 10.1. The first-order chi connectivity index (χ1) is 8.22. The Balaban J connectivity index is 2.30. The van der Waals surface area contributed by atoms with E-state index in [1.807, 2.05) is 23.7 Å². The molecule has 0 saturated heterocycles. The zero-order valence-electron chi connectivity index (χ0n) is 10.00. The first-order valence-corrected chi connectivity index (χ1v) is 6.40. The van der Waals surface area contributed by atoms with Crippen molar-refractivity contribution in [2.45, 2.75) is 29.4 Å². The van der Waals surface area contributed by atoms with E-state index in [1.165, 1.54) is 5.56 Å². The average molecular weight is 248 g/mol. The van der Waals surface area contributed by atoms with Gasteiger partial charge in [-0.2, -0.15) is 0 Å². The van der Waals surface area contributed by atoms with Gasteiger partial charge in [-0.15, -0.1) is 10.2 Å². The molecule has 2 rings (SSSR count). The summed E-state index contributed by atoms with van der Waals surface area (Å²) in [6.07, 6.45) is 2.63. The van der Waals surface area contributed by atoms with Gasteiger partial charge in [0.2, 0.25) is 0 Å². The Kier molecular flexibility index (Phi) is 3.81. The smallest absolute Gasteiger partial charge is 0.195 e. The molecule has 2 aromatic rings. The van der Waals surface area contributed by atoms with E-state index in [-0.39, 0.29) is 6.04 Å². The average Bonchev–Trinajstić information content (AvgIpc) is 2.75. The molecule has 1 aromatic heterocycles. The second kappa shape index (κ2) is 5.33. The first kappa shape index (κ1) is 12.1. The van der Waals surface area contributed by atoms with E-state index < -0.39 is 0 Å². The van der Waals surface area contributed by atoms with Crippen molar-refractivity contribution < 1.29 is 0 Å². The van der Waals surface area contributed by atoms with Crippen molar-refractivity contribution >= 4 is 11.8 Å². The fourth-order valence-electron chi connectivity index (χ4n) is 1.56. The van der Waals surface area contributed by atoms with Crippen LogP contribution in [0, 0.1) is 0 Å². The largest absolute Gasteiger partial charge is 0.324 e. The minimum Gasteiger partial charge on any atom is -0.324 e. The highest BCUT2D eigenvalue weighted by molar-refractivity contribution is 7.99. The molecule has 1 aromatic carbocycles. The second-order valence-electron chi connectivity index (χ2n) is 3.88. The molecule has 0 aliphatic heterocycles. The second-order valence-corrected chi connectivity index (χ2v) is 4.89. The van der Waals surface area contributed by atoms with E-state index >= 15 is 0 Å². The SMILES string of the molecule is CC[C@H](N)c1ccccc1Sc1nncn1C. The summed E-state index contributed by atoms with van der Waals surface area (Å²) in [5, 5.41) is 8.82. The van der Waals surface area contributed by atoms with Gasteiger partial charge in [0.1, 0.15) is 6.33 Å². The van der Waals surface area contributed by atoms with Crippen LogP contribution in [-0.4, -0.2) is 14.8 Å². The summed E-state index contributed by atoms with van der Waals surface area (Å²) in [5.74, 6) is 0. The van der Waals surface area contributed by atoms with Gasteiger partial charge in [-0.25, -0.2) is 0 Å². The van der Waals surface area contributed by atoms with Crippen molar-refractivity contribution in [3.05, 3.63) is 36.2 Å². The molecule has 90 valence electrons. The molecule has 0 unspecified atom stereocenters. The van der Waals surface area contributed by atoms with Crippen molar-refractivity contribution in [1.29, 1.82) is 0 Å². The summed E-state index contributed by atoms with van der Waals surface area (Å²) >= 11 is 1.60. The van der Waals surface area contributed by atoms with Crippen molar-refractivity contribution in [3.8, 4) is 0 Å². The van der Waals surface area contributed by atoms with Crippen LogP contribution in [0.15, 0.2) is 40.6 Å². The normalized spacial score (nSPS) is 12.6. The molecule has 0 fully saturated rings. The molecule has 2 N–H and O–H groups in total. The van der Waals surface area contributed by atoms with Crippen LogP contribution in [0.2, 0.25) is 0 Å². The molecule has 1 heterocycles. The fraction of sp³-hybridized carbons (Fsp3) is 0.333. The zero-order chi connectivity index (χ0) is 12.3. The molecule has 0 aliphatic carbocycles. The van der Waals surface area contributed by atoms with E-state index in [0.717, 1.165) is 16.5 Å². The molecule has 1 atom stereocenters. The summed E-state index contributed by atoms with van der Waals surface area (Å²) < 4.78 is 1.90. The maximum atomic E-state index is 6.11. The van der Waals surface area contributed by atoms with Crippen LogP contribution in [0.5, 0.6) is 0 Å². The number of hydrogen-bond donors (Lipinski definition) is 1. The summed E-state index contributed by atoms with van der Waals surface area (Å²) in [6, 6.07) is 8.26. The molecule has 0 aliphatic rings. The Bertz CT molecular complexity index is 495. The highest BCUT2D eigenvalue weighted by atomic mass is 32.2. The Labute approximate surface area is 105 Å². The lowest BCUT2D eigenvalue weighted by Crippen LogP contribution is -2.09. The van der Waals surface area contributed by atoms with Gasteiger partial charge in [0, 0.05) is 18.0 Å². The number of aromatic nitrogens is 3. The quantitative estimate of drug-likeness (QED) is 0.902. The first-order valence-electron chi connectivity index (χ1n) is 5.58. The van der Waals surface area contributed by atoms with Gasteiger partial charge in [0.05, 0.1) is 0 Å². The Morgan fingerprint density at radius 1 is 1.41 bits per heavy atom. The monoisotopic (exact) mass is 248 g/mol. The third-order valence-corrected chi connectivity index (χ3v) is 3.77. The zero-order valence-corrected chi connectivity index (χ0v) is 10.8. The van der Waals surface area contributed by atoms with Crippen LogP contribution in [0.4, 0.5) is 0 Å². The predicted octanol–water partition coefficient (Wildman–Crippen LogP) is 2.38. The number of nitrogens with two attached hydrogens (primary N) is 1. The minimum atomic E-state index is 0.0759. The maximum absolute atomic E-state index is 6.11. The summed E-state index contributed by atoms with van der Waals surface area (Å²) in [4.78, 5) is 1.15. The Morgan fingerprint density at radius 3 is 2.82 bits per heavy atom. The van der Waals surface area contributed by atoms with Crippen molar-refractivity contribution in [3.63, 3.8) is 0 Å². The minimum absolute atomic E-state index is 0.0759. The molecular weight excluding hydrogens is 232 g/mol. The van der Waals surface area contributed by atoms with Crippen LogP contribution in [0.25, 0.3) is 0 Å². The fourth-order valence-corrected chi connectivity index (χ4v) is 2.52. The van der Waals surface area contributed by atoms with Gasteiger partial charge in [-0.05, 0) is 29.8 Å². The number of nitrogens with zero attached hydrogens (tertiary/aromatic N) is 3. The summed E-state index contributed by atoms with van der Waals surface area (Å²) in [7, 11) is 1.94. The van der Waals surface area contributed by atoms with Gasteiger partial charge in [-0.3, -0.25) is 0 Å². The van der Waals surface area contributed by atoms with Crippen molar-refractivity contribution in [1.82, 2.24) is 14.8 Å². The lowest BCUT2D eigenvalue weighted by Gasteiger charge is -2.13. The summed E-state index contributed by atoms with van der Waals surface area (Å²) in [5.41, 5.74) is 7.28. The standard InChI is InChI=1S/C12H16N4S/c1-3-10(13)9-6-4-5-7-11(9)17-12-15-14-8-16(12)2/h4-8,10H,3,13H2,1-2H3/t10-/m0/s1. The van der Waals surface area contributed by atoms with E-state index in [4.69, 9.17) is 5.73 Å². The van der Waals surface area contributed by atoms with E-state index in [9.17, 15) is 0 Å². The van der Waals surface area contributed by atoms with Gasteiger partial charge < -0.3 is 10.3 Å². The predicted molar refractivity (Wildman–Crippen MR) is 68.8 cm³/mol. The Hall–Kier alpha value is -1.33. The Morgan fingerprint density at radius 2 is 2.18 bits per heavy atom. The molecule has 0 saturated carbocycles. The number of hydrogen-bond acceptors (Lipinski definition) is 4. The molecule has 0 spiro atoms. The molecule has 4 nitrogen and oxygen atoms in total. The highest BCUT2D eigenvalue weighted by Crippen LogP contribution is 2.31. The van der Waals surface area contributed by atoms with E-state index in [0.29, 0.717) is 0 Å². The van der Waals surface area contributed by atoms with Crippen LogP contribution in [0.1, 0.15) is 24.9 Å². The van der Waals surface area contributed by atoms with Gasteiger partial charge in [0.25, 0.3) is 0 Å². The van der Waals surface area contributed by atoms with Crippen LogP contribution >= 0.6 is 11.8 Å². The van der Waals surface area contributed by atoms with Crippen molar-refractivity contribution in [2.75, 3.05) is 0 Å². The number of rotatable bonds is 4. The van der Waals surface area contributed by atoms with Gasteiger partial charge >= 0.3 is 0 Å². The third-order valence-electron chi connectivity index (χ3n) is 2.63. The van der Waals surface area contributed by atoms with E-state index in [1.54, 1.807) is 18.1 Å². The van der Waals surface area contributed by atoms with Gasteiger partial charge in [0.15, 0.2) is 5.16 Å². The molecule has 5 heteroatoms. The topological polar surface area (TPSA) is 56.7 Å². The van der Waals surface area contributed by atoms with Crippen LogP contribution < -0.4 is 5.73 Å². The summed E-state index contributed by atoms with van der Waals surface area (Å²) in [6.45, 7) is 2.09.